The average Bonchev–Trinajstić information content (AvgIpc) is 3.20. The van der Waals surface area contributed by atoms with Gasteiger partial charge in [0.2, 0.25) is 15.3 Å². The Labute approximate surface area is 179 Å². The number of halogens is 2. The van der Waals surface area contributed by atoms with Crippen molar-refractivity contribution < 1.29 is 12.8 Å². The van der Waals surface area contributed by atoms with Crippen LogP contribution in [0.25, 0.3) is 11.1 Å². The third-order valence-corrected chi connectivity index (χ3v) is 8.23. The molecule has 0 amide bonds. The molecule has 1 N–H and O–H groups in total. The van der Waals surface area contributed by atoms with Crippen molar-refractivity contribution >= 4 is 33.0 Å². The first-order valence-electron chi connectivity index (χ1n) is 9.15. The van der Waals surface area contributed by atoms with Crippen LogP contribution in [0.3, 0.4) is 0 Å². The van der Waals surface area contributed by atoms with Gasteiger partial charge in [0.05, 0.1) is 6.54 Å². The van der Waals surface area contributed by atoms with Crippen molar-refractivity contribution in [2.24, 2.45) is 5.92 Å². The van der Waals surface area contributed by atoms with Crippen molar-refractivity contribution in [1.82, 2.24) is 14.3 Å². The zero-order chi connectivity index (χ0) is 21.3. The summed E-state index contributed by atoms with van der Waals surface area (Å²) in [6.07, 6.45) is 3.99. The monoisotopic (exact) mass is 455 g/mol. The number of nitrogens with one attached hydrogen (secondary N) is 1. The topological polar surface area (TPSA) is 64.0 Å². The molecule has 0 atom stereocenters. The standard InChI is InChI=1S/C20H23ClFN3O2S2/c1-12(2)9-17-13(3)18(19(28-17)29(26,27)23-4)14-5-6-15(16(22)10-14)11-25-8-7-24-20(25)21/h5-8,10,12,23H,9,11H2,1-4H3. The van der Waals surface area contributed by atoms with E-state index >= 15 is 0 Å². The molecule has 156 valence electrons. The maximum atomic E-state index is 14.9. The van der Waals surface area contributed by atoms with Crippen LogP contribution < -0.4 is 4.72 Å². The van der Waals surface area contributed by atoms with E-state index in [0.29, 0.717) is 22.6 Å². The molecule has 0 fully saturated rings. The van der Waals surface area contributed by atoms with Gasteiger partial charge in [-0.1, -0.05) is 26.0 Å². The highest BCUT2D eigenvalue weighted by Gasteiger charge is 2.26. The van der Waals surface area contributed by atoms with E-state index in [1.54, 1.807) is 29.1 Å². The van der Waals surface area contributed by atoms with Gasteiger partial charge < -0.3 is 4.57 Å². The molecule has 0 saturated heterocycles. The highest BCUT2D eigenvalue weighted by molar-refractivity contribution is 7.91. The Hall–Kier alpha value is -1.74. The van der Waals surface area contributed by atoms with E-state index < -0.39 is 15.8 Å². The van der Waals surface area contributed by atoms with Crippen LogP contribution in [0.15, 0.2) is 34.8 Å². The zero-order valence-corrected chi connectivity index (χ0v) is 19.1. The van der Waals surface area contributed by atoms with Gasteiger partial charge in [-0.2, -0.15) is 0 Å². The fourth-order valence-corrected chi connectivity index (χ4v) is 6.31. The molecule has 0 aliphatic carbocycles. The zero-order valence-electron chi connectivity index (χ0n) is 16.7. The van der Waals surface area contributed by atoms with Crippen LogP contribution in [0.5, 0.6) is 0 Å². The number of rotatable bonds is 7. The lowest BCUT2D eigenvalue weighted by Crippen LogP contribution is -2.18. The van der Waals surface area contributed by atoms with E-state index in [2.05, 4.69) is 23.6 Å². The fourth-order valence-electron chi connectivity index (χ4n) is 3.16. The second kappa shape index (κ2) is 8.55. The molecule has 0 saturated carbocycles. The Kier molecular flexibility index (Phi) is 6.48. The lowest BCUT2D eigenvalue weighted by molar-refractivity contribution is 0.590. The van der Waals surface area contributed by atoms with Gasteiger partial charge in [-0.25, -0.2) is 22.5 Å². The molecule has 0 aliphatic heterocycles. The molecule has 3 rings (SSSR count). The van der Waals surface area contributed by atoms with Gasteiger partial charge in [0.15, 0.2) is 0 Å². The Morgan fingerprint density at radius 2 is 2.07 bits per heavy atom. The second-order valence-electron chi connectivity index (χ2n) is 7.25. The maximum absolute atomic E-state index is 14.9. The number of imidazole rings is 1. The summed E-state index contributed by atoms with van der Waals surface area (Å²) in [6, 6.07) is 4.81. The highest BCUT2D eigenvalue weighted by atomic mass is 35.5. The number of hydrogen-bond donors (Lipinski definition) is 1. The number of aromatic nitrogens is 2. The van der Waals surface area contributed by atoms with Crippen molar-refractivity contribution in [1.29, 1.82) is 0 Å². The van der Waals surface area contributed by atoms with Gasteiger partial charge in [0.25, 0.3) is 0 Å². The average molecular weight is 456 g/mol. The lowest BCUT2D eigenvalue weighted by atomic mass is 9.99. The van der Waals surface area contributed by atoms with Crippen LogP contribution >= 0.6 is 22.9 Å². The van der Waals surface area contributed by atoms with Crippen molar-refractivity contribution in [2.45, 2.75) is 37.9 Å². The lowest BCUT2D eigenvalue weighted by Gasteiger charge is -2.10. The minimum absolute atomic E-state index is 0.220. The molecular formula is C20H23ClFN3O2S2. The molecule has 9 heteroatoms. The van der Waals surface area contributed by atoms with Crippen LogP contribution in [0, 0.1) is 18.7 Å². The van der Waals surface area contributed by atoms with E-state index in [1.807, 2.05) is 6.92 Å². The Balaban J connectivity index is 2.09. The summed E-state index contributed by atoms with van der Waals surface area (Å²) in [5, 5.41) is 0.280. The maximum Gasteiger partial charge on any atom is 0.250 e. The minimum Gasteiger partial charge on any atom is -0.317 e. The van der Waals surface area contributed by atoms with Crippen molar-refractivity contribution in [3.05, 3.63) is 57.7 Å². The van der Waals surface area contributed by atoms with Gasteiger partial charge >= 0.3 is 0 Å². The van der Waals surface area contributed by atoms with Crippen molar-refractivity contribution in [3.63, 3.8) is 0 Å². The first-order valence-corrected chi connectivity index (χ1v) is 11.8. The predicted molar refractivity (Wildman–Crippen MR) is 116 cm³/mol. The number of hydrogen-bond acceptors (Lipinski definition) is 4. The van der Waals surface area contributed by atoms with Crippen LogP contribution in [-0.2, 0) is 23.0 Å². The summed E-state index contributed by atoms with van der Waals surface area (Å²) in [5.41, 5.74) is 2.43. The second-order valence-corrected chi connectivity index (χ2v) is 10.8. The van der Waals surface area contributed by atoms with E-state index in [9.17, 15) is 12.8 Å². The third kappa shape index (κ3) is 4.55. The van der Waals surface area contributed by atoms with Crippen LogP contribution in [-0.4, -0.2) is 25.0 Å². The molecule has 0 aliphatic rings. The number of nitrogens with zero attached hydrogens (tertiary/aromatic N) is 2. The normalized spacial score (nSPS) is 12.1. The summed E-state index contributed by atoms with van der Waals surface area (Å²) in [6.45, 7) is 6.31. The van der Waals surface area contributed by atoms with E-state index in [-0.39, 0.29) is 16.0 Å². The van der Waals surface area contributed by atoms with E-state index in [4.69, 9.17) is 11.6 Å². The molecule has 2 heterocycles. The van der Waals surface area contributed by atoms with Crippen LogP contribution in [0.2, 0.25) is 5.28 Å². The molecule has 29 heavy (non-hydrogen) atoms. The van der Waals surface area contributed by atoms with Gasteiger partial charge in [-0.3, -0.25) is 0 Å². The summed E-state index contributed by atoms with van der Waals surface area (Å²) in [5.74, 6) is -0.0412. The smallest absolute Gasteiger partial charge is 0.250 e. The van der Waals surface area contributed by atoms with Gasteiger partial charge in [0.1, 0.15) is 10.0 Å². The predicted octanol–water partition coefficient (Wildman–Crippen LogP) is 4.87. The summed E-state index contributed by atoms with van der Waals surface area (Å²) in [7, 11) is -2.28. The third-order valence-electron chi connectivity index (χ3n) is 4.67. The molecule has 0 radical (unpaired) electrons. The molecule has 0 spiro atoms. The van der Waals surface area contributed by atoms with Gasteiger partial charge in [0, 0.05) is 28.4 Å². The van der Waals surface area contributed by atoms with E-state index in [1.165, 1.54) is 24.5 Å². The summed E-state index contributed by atoms with van der Waals surface area (Å²) >= 11 is 7.23. The molecule has 0 bridgehead atoms. The molecule has 2 aromatic heterocycles. The Morgan fingerprint density at radius 3 is 2.62 bits per heavy atom. The Morgan fingerprint density at radius 1 is 1.34 bits per heavy atom. The van der Waals surface area contributed by atoms with E-state index in [0.717, 1.165) is 16.9 Å². The van der Waals surface area contributed by atoms with Crippen molar-refractivity contribution in [3.8, 4) is 11.1 Å². The first-order chi connectivity index (χ1) is 13.6. The largest absolute Gasteiger partial charge is 0.317 e. The molecule has 3 aromatic rings. The highest BCUT2D eigenvalue weighted by Crippen LogP contribution is 2.40. The molecule has 0 unspecified atom stereocenters. The van der Waals surface area contributed by atoms with Crippen LogP contribution in [0.1, 0.15) is 29.9 Å². The number of thiophene rings is 1. The number of benzene rings is 1. The summed E-state index contributed by atoms with van der Waals surface area (Å²) < 4.78 is 44.4. The minimum atomic E-state index is -3.67. The van der Waals surface area contributed by atoms with Crippen molar-refractivity contribution in [2.75, 3.05) is 7.05 Å². The first kappa shape index (κ1) is 22.0. The molecular weight excluding hydrogens is 433 g/mol. The quantitative estimate of drug-likeness (QED) is 0.552. The van der Waals surface area contributed by atoms with Gasteiger partial charge in [-0.15, -0.1) is 11.3 Å². The van der Waals surface area contributed by atoms with Crippen LogP contribution in [0.4, 0.5) is 4.39 Å². The van der Waals surface area contributed by atoms with Gasteiger partial charge in [-0.05, 0) is 55.1 Å². The fraction of sp³-hybridized carbons (Fsp3) is 0.350. The Bertz CT molecular complexity index is 1140. The molecule has 1 aromatic carbocycles. The number of sulfonamides is 1. The molecule has 5 nitrogen and oxygen atoms in total. The SMILES string of the molecule is CNS(=O)(=O)c1sc(CC(C)C)c(C)c1-c1ccc(Cn2ccnc2Cl)c(F)c1. The summed E-state index contributed by atoms with van der Waals surface area (Å²) in [4.78, 5) is 4.93.